The van der Waals surface area contributed by atoms with Gasteiger partial charge in [-0.25, -0.2) is 9.78 Å². The van der Waals surface area contributed by atoms with E-state index in [4.69, 9.17) is 27.9 Å². The van der Waals surface area contributed by atoms with Crippen LogP contribution >= 0.6 is 23.2 Å². The Hall–Kier alpha value is -2.29. The minimum absolute atomic E-state index is 0.216. The van der Waals surface area contributed by atoms with Gasteiger partial charge in [0.1, 0.15) is 11.5 Å². The van der Waals surface area contributed by atoms with Crippen LogP contribution in [-0.4, -0.2) is 57.5 Å². The standard InChI is InChI=1S/C19H22Cl2N4O4/c1-4-29-15-9-25(19(27)28)8-14(15)23-16-10(2)22-17(24(3)18(16)26)12-6-5-11(20)7-13(12)21/h5-7,14-15,23H,4,8-9H2,1-3H3,(H,27,28)/t14-,15+/m1/s1. The van der Waals surface area contributed by atoms with E-state index in [9.17, 15) is 14.7 Å². The highest BCUT2D eigenvalue weighted by Crippen LogP contribution is 2.29. The van der Waals surface area contributed by atoms with Crippen molar-refractivity contribution >= 4 is 35.0 Å². The molecule has 156 valence electrons. The summed E-state index contributed by atoms with van der Waals surface area (Å²) in [6, 6.07) is 4.63. The molecule has 8 nitrogen and oxygen atoms in total. The second-order valence-electron chi connectivity index (χ2n) is 6.82. The van der Waals surface area contributed by atoms with Gasteiger partial charge < -0.3 is 20.1 Å². The van der Waals surface area contributed by atoms with Gasteiger partial charge >= 0.3 is 6.09 Å². The molecule has 2 heterocycles. The maximum absolute atomic E-state index is 13.1. The first kappa shape index (κ1) is 21.4. The fourth-order valence-corrected chi connectivity index (χ4v) is 3.92. The van der Waals surface area contributed by atoms with Gasteiger partial charge in [-0.05, 0) is 32.0 Å². The summed E-state index contributed by atoms with van der Waals surface area (Å²) in [7, 11) is 1.61. The Bertz CT molecular complexity index is 995. The molecule has 0 unspecified atom stereocenters. The van der Waals surface area contributed by atoms with Gasteiger partial charge in [0.05, 0.1) is 29.4 Å². The van der Waals surface area contributed by atoms with Crippen LogP contribution in [0.5, 0.6) is 0 Å². The average molecular weight is 441 g/mol. The second kappa shape index (κ2) is 8.61. The van der Waals surface area contributed by atoms with E-state index < -0.39 is 6.09 Å². The number of nitrogens with zero attached hydrogens (tertiary/aromatic N) is 3. The summed E-state index contributed by atoms with van der Waals surface area (Å²) in [6.45, 7) is 4.46. The van der Waals surface area contributed by atoms with E-state index in [2.05, 4.69) is 10.3 Å². The Morgan fingerprint density at radius 1 is 1.38 bits per heavy atom. The van der Waals surface area contributed by atoms with E-state index in [1.807, 2.05) is 6.92 Å². The lowest BCUT2D eigenvalue weighted by atomic mass is 10.1. The van der Waals surface area contributed by atoms with Crippen molar-refractivity contribution in [1.82, 2.24) is 14.5 Å². The lowest BCUT2D eigenvalue weighted by Gasteiger charge is -2.22. The Labute approximate surface area is 178 Å². The average Bonchev–Trinajstić information content (AvgIpc) is 3.05. The van der Waals surface area contributed by atoms with E-state index in [1.54, 1.807) is 32.2 Å². The van der Waals surface area contributed by atoms with Gasteiger partial charge in [0, 0.05) is 30.8 Å². The minimum atomic E-state index is -1.02. The fraction of sp³-hybridized carbons (Fsp3) is 0.421. The molecular formula is C19H22Cl2N4O4. The lowest BCUT2D eigenvalue weighted by molar-refractivity contribution is 0.0629. The van der Waals surface area contributed by atoms with Crippen LogP contribution in [0.1, 0.15) is 12.6 Å². The fourth-order valence-electron chi connectivity index (χ4n) is 3.42. The van der Waals surface area contributed by atoms with Gasteiger partial charge in [-0.3, -0.25) is 9.36 Å². The molecule has 1 fully saturated rings. The predicted octanol–water partition coefficient (Wildman–Crippen LogP) is 3.24. The molecule has 0 aliphatic carbocycles. The number of halogens is 2. The van der Waals surface area contributed by atoms with Gasteiger partial charge in [0.15, 0.2) is 0 Å². The zero-order chi connectivity index (χ0) is 21.3. The van der Waals surface area contributed by atoms with Crippen LogP contribution in [0.4, 0.5) is 10.5 Å². The molecule has 1 saturated heterocycles. The highest BCUT2D eigenvalue weighted by atomic mass is 35.5. The molecule has 1 aromatic heterocycles. The smallest absolute Gasteiger partial charge is 0.407 e. The van der Waals surface area contributed by atoms with Crippen LogP contribution in [0.2, 0.25) is 10.0 Å². The van der Waals surface area contributed by atoms with Crippen LogP contribution in [-0.2, 0) is 11.8 Å². The Morgan fingerprint density at radius 3 is 2.72 bits per heavy atom. The Kier molecular flexibility index (Phi) is 6.36. The maximum Gasteiger partial charge on any atom is 0.407 e. The summed E-state index contributed by atoms with van der Waals surface area (Å²) in [5, 5.41) is 13.3. The summed E-state index contributed by atoms with van der Waals surface area (Å²) in [6.07, 6.45) is -1.37. The first-order chi connectivity index (χ1) is 13.7. The van der Waals surface area contributed by atoms with E-state index in [0.29, 0.717) is 39.4 Å². The molecule has 1 amide bonds. The van der Waals surface area contributed by atoms with E-state index in [-0.39, 0.29) is 30.8 Å². The summed E-state index contributed by atoms with van der Waals surface area (Å²) < 4.78 is 7.08. The van der Waals surface area contributed by atoms with Crippen molar-refractivity contribution in [3.05, 3.63) is 44.3 Å². The largest absolute Gasteiger partial charge is 0.465 e. The third-order valence-electron chi connectivity index (χ3n) is 4.89. The number of aryl methyl sites for hydroxylation is 1. The number of rotatable bonds is 5. The molecule has 10 heteroatoms. The molecule has 0 radical (unpaired) electrons. The normalized spacial score (nSPS) is 18.9. The molecule has 0 saturated carbocycles. The highest BCUT2D eigenvalue weighted by molar-refractivity contribution is 6.36. The number of amides is 1. The van der Waals surface area contributed by atoms with Crippen molar-refractivity contribution in [2.24, 2.45) is 7.05 Å². The molecule has 1 aliphatic rings. The van der Waals surface area contributed by atoms with Crippen LogP contribution in [0.15, 0.2) is 23.0 Å². The molecule has 3 rings (SSSR count). The predicted molar refractivity (Wildman–Crippen MR) is 112 cm³/mol. The molecular weight excluding hydrogens is 419 g/mol. The number of nitrogens with one attached hydrogen (secondary N) is 1. The number of benzene rings is 1. The van der Waals surface area contributed by atoms with Crippen LogP contribution < -0.4 is 10.9 Å². The maximum atomic E-state index is 13.1. The number of aromatic nitrogens is 2. The number of anilines is 1. The summed E-state index contributed by atoms with van der Waals surface area (Å²) in [5.41, 5.74) is 1.10. The number of carbonyl (C=O) groups is 1. The minimum Gasteiger partial charge on any atom is -0.465 e. The molecule has 1 aliphatic heterocycles. The number of carboxylic acid groups (broad SMARTS) is 1. The van der Waals surface area contributed by atoms with Crippen LogP contribution in [0, 0.1) is 6.92 Å². The zero-order valence-corrected chi connectivity index (χ0v) is 17.8. The molecule has 29 heavy (non-hydrogen) atoms. The molecule has 2 aromatic rings. The number of hydrogen-bond donors (Lipinski definition) is 2. The van der Waals surface area contributed by atoms with Gasteiger partial charge in [-0.2, -0.15) is 0 Å². The topological polar surface area (TPSA) is 96.7 Å². The van der Waals surface area contributed by atoms with E-state index in [0.717, 1.165) is 0 Å². The third-order valence-corrected chi connectivity index (χ3v) is 5.44. The summed E-state index contributed by atoms with van der Waals surface area (Å²) >= 11 is 12.2. The van der Waals surface area contributed by atoms with Crippen molar-refractivity contribution in [2.75, 3.05) is 25.0 Å². The highest BCUT2D eigenvalue weighted by Gasteiger charge is 2.36. The number of likely N-dealkylation sites (tertiary alicyclic amines) is 1. The quantitative estimate of drug-likeness (QED) is 0.740. The van der Waals surface area contributed by atoms with Gasteiger partial charge in [0.25, 0.3) is 5.56 Å². The molecule has 0 bridgehead atoms. The van der Waals surface area contributed by atoms with Crippen molar-refractivity contribution in [3.63, 3.8) is 0 Å². The first-order valence-electron chi connectivity index (χ1n) is 9.12. The molecule has 1 aromatic carbocycles. The second-order valence-corrected chi connectivity index (χ2v) is 7.66. The summed E-state index contributed by atoms with van der Waals surface area (Å²) in [4.78, 5) is 30.2. The van der Waals surface area contributed by atoms with Crippen molar-refractivity contribution in [2.45, 2.75) is 26.0 Å². The first-order valence-corrected chi connectivity index (χ1v) is 9.87. The lowest BCUT2D eigenvalue weighted by Crippen LogP contribution is -2.38. The zero-order valence-electron chi connectivity index (χ0n) is 16.3. The van der Waals surface area contributed by atoms with Crippen LogP contribution in [0.25, 0.3) is 11.4 Å². The molecule has 0 spiro atoms. The van der Waals surface area contributed by atoms with Crippen molar-refractivity contribution < 1.29 is 14.6 Å². The van der Waals surface area contributed by atoms with Gasteiger partial charge in [-0.1, -0.05) is 23.2 Å². The Balaban J connectivity index is 1.96. The Morgan fingerprint density at radius 2 is 2.10 bits per heavy atom. The summed E-state index contributed by atoms with van der Waals surface area (Å²) in [5.74, 6) is 0.416. The van der Waals surface area contributed by atoms with Crippen LogP contribution in [0.3, 0.4) is 0 Å². The van der Waals surface area contributed by atoms with Crippen molar-refractivity contribution in [3.8, 4) is 11.4 Å². The third kappa shape index (κ3) is 4.34. The number of hydrogen-bond acceptors (Lipinski definition) is 5. The molecule has 2 atom stereocenters. The number of ether oxygens (including phenoxy) is 1. The monoisotopic (exact) mass is 440 g/mol. The van der Waals surface area contributed by atoms with E-state index >= 15 is 0 Å². The van der Waals surface area contributed by atoms with Crippen molar-refractivity contribution in [1.29, 1.82) is 0 Å². The molecule has 2 N–H and O–H groups in total. The van der Waals surface area contributed by atoms with E-state index in [1.165, 1.54) is 9.47 Å². The van der Waals surface area contributed by atoms with Gasteiger partial charge in [0.2, 0.25) is 0 Å². The van der Waals surface area contributed by atoms with Gasteiger partial charge in [-0.15, -0.1) is 0 Å². The SMILES string of the molecule is CCO[C@H]1CN(C(=O)O)C[C@H]1Nc1c(C)nc(-c2ccc(Cl)cc2Cl)n(C)c1=O.